The molecule has 0 radical (unpaired) electrons. The summed E-state index contributed by atoms with van der Waals surface area (Å²) in [6.07, 6.45) is 5.02. The van der Waals surface area contributed by atoms with Gasteiger partial charge in [-0.25, -0.2) is 4.79 Å². The number of ether oxygens (including phenoxy) is 3. The lowest BCUT2D eigenvalue weighted by atomic mass is 9.88. The van der Waals surface area contributed by atoms with Gasteiger partial charge in [-0.1, -0.05) is 12.1 Å². The number of fused-ring (bicyclic) bond motifs is 1. The number of carbonyl (C=O) groups excluding carboxylic acids is 1. The first-order valence-electron chi connectivity index (χ1n) is 11.7. The number of benzene rings is 2. The van der Waals surface area contributed by atoms with Gasteiger partial charge in [0.2, 0.25) is 0 Å². The maximum atomic E-state index is 12.3. The summed E-state index contributed by atoms with van der Waals surface area (Å²) in [6.45, 7) is 2.13. The molecule has 0 bridgehead atoms. The Morgan fingerprint density at radius 3 is 2.40 bits per heavy atom. The lowest BCUT2D eigenvalue weighted by molar-refractivity contribution is 0.183. The summed E-state index contributed by atoms with van der Waals surface area (Å²) in [5, 5.41) is 5.80. The van der Waals surface area contributed by atoms with Crippen LogP contribution in [0.2, 0.25) is 0 Å². The zero-order valence-electron chi connectivity index (χ0n) is 20.4. The van der Waals surface area contributed by atoms with E-state index in [-0.39, 0.29) is 12.1 Å². The highest BCUT2D eigenvalue weighted by molar-refractivity contribution is 5.89. The van der Waals surface area contributed by atoms with Gasteiger partial charge in [0.05, 0.1) is 21.3 Å². The van der Waals surface area contributed by atoms with E-state index < -0.39 is 0 Å². The second kappa shape index (κ2) is 11.6. The molecule has 0 saturated heterocycles. The minimum Gasteiger partial charge on any atom is -0.497 e. The number of methoxy groups -OCH3 is 3. The van der Waals surface area contributed by atoms with Crippen LogP contribution in [0.15, 0.2) is 60.9 Å². The molecule has 2 heterocycles. The predicted octanol–water partition coefficient (Wildman–Crippen LogP) is 4.07. The SMILES string of the molecule is COc1ccc(CC2c3cc(OC)c(OC)cc3CCN2CCNC(=O)Nc2ccncc2)cc1. The molecule has 3 aromatic rings. The first-order chi connectivity index (χ1) is 17.1. The number of hydrogen-bond donors (Lipinski definition) is 2. The Hall–Kier alpha value is -3.78. The molecule has 1 atom stereocenters. The van der Waals surface area contributed by atoms with Crippen molar-refractivity contribution in [1.82, 2.24) is 15.2 Å². The van der Waals surface area contributed by atoms with E-state index in [2.05, 4.69) is 44.8 Å². The molecule has 4 rings (SSSR count). The summed E-state index contributed by atoms with van der Waals surface area (Å²) in [5.41, 5.74) is 4.42. The van der Waals surface area contributed by atoms with Gasteiger partial charge in [-0.05, 0) is 65.9 Å². The van der Waals surface area contributed by atoms with E-state index in [0.717, 1.165) is 43.2 Å². The van der Waals surface area contributed by atoms with Crippen molar-refractivity contribution in [3.05, 3.63) is 77.6 Å². The topological polar surface area (TPSA) is 85.0 Å². The van der Waals surface area contributed by atoms with Crippen molar-refractivity contribution in [1.29, 1.82) is 0 Å². The Morgan fingerprint density at radius 1 is 1.00 bits per heavy atom. The number of carbonyl (C=O) groups is 1. The zero-order valence-corrected chi connectivity index (χ0v) is 20.4. The minimum atomic E-state index is -0.230. The van der Waals surface area contributed by atoms with E-state index in [4.69, 9.17) is 14.2 Å². The van der Waals surface area contributed by atoms with Crippen molar-refractivity contribution in [3.8, 4) is 17.2 Å². The van der Waals surface area contributed by atoms with Crippen LogP contribution in [0, 0.1) is 0 Å². The number of nitrogens with zero attached hydrogens (tertiary/aromatic N) is 2. The largest absolute Gasteiger partial charge is 0.497 e. The third-order valence-electron chi connectivity index (χ3n) is 6.32. The minimum absolute atomic E-state index is 0.136. The standard InChI is InChI=1S/C27H32N4O4/c1-33-22-6-4-19(5-7-22)16-24-23-18-26(35-3)25(34-2)17-20(23)10-14-31(24)15-13-29-27(32)30-21-8-11-28-12-9-21/h4-9,11-12,17-18,24H,10,13-16H2,1-3H3,(H2,28,29,30,32). The van der Waals surface area contributed by atoms with Crippen LogP contribution in [-0.4, -0.2) is 56.9 Å². The lowest BCUT2D eigenvalue weighted by Crippen LogP contribution is -2.42. The molecule has 8 heteroatoms. The van der Waals surface area contributed by atoms with Crippen LogP contribution in [0.5, 0.6) is 17.2 Å². The van der Waals surface area contributed by atoms with Gasteiger partial charge in [-0.3, -0.25) is 9.88 Å². The highest BCUT2D eigenvalue weighted by Gasteiger charge is 2.29. The van der Waals surface area contributed by atoms with E-state index in [9.17, 15) is 4.79 Å². The van der Waals surface area contributed by atoms with Gasteiger partial charge in [0.1, 0.15) is 5.75 Å². The highest BCUT2D eigenvalue weighted by atomic mass is 16.5. The predicted molar refractivity (Wildman–Crippen MR) is 136 cm³/mol. The summed E-state index contributed by atoms with van der Waals surface area (Å²) in [5.74, 6) is 2.31. The number of urea groups is 1. The molecule has 8 nitrogen and oxygen atoms in total. The Bertz CT molecular complexity index is 1120. The van der Waals surface area contributed by atoms with Gasteiger partial charge < -0.3 is 24.8 Å². The molecular formula is C27H32N4O4. The molecule has 1 aliphatic heterocycles. The van der Waals surface area contributed by atoms with Gasteiger partial charge in [0.15, 0.2) is 11.5 Å². The first kappa shape index (κ1) is 24.3. The van der Waals surface area contributed by atoms with E-state index in [0.29, 0.717) is 12.2 Å². The number of amides is 2. The Balaban J connectivity index is 1.50. The molecule has 2 aromatic carbocycles. The third-order valence-corrected chi connectivity index (χ3v) is 6.32. The molecular weight excluding hydrogens is 444 g/mol. The molecule has 0 aliphatic carbocycles. The fraction of sp³-hybridized carbons (Fsp3) is 0.333. The average Bonchev–Trinajstić information content (AvgIpc) is 2.90. The average molecular weight is 477 g/mol. The van der Waals surface area contributed by atoms with E-state index in [1.54, 1.807) is 45.9 Å². The van der Waals surface area contributed by atoms with Crippen molar-refractivity contribution in [3.63, 3.8) is 0 Å². The molecule has 1 aromatic heterocycles. The van der Waals surface area contributed by atoms with E-state index in [1.807, 2.05) is 12.1 Å². The molecule has 0 saturated carbocycles. The van der Waals surface area contributed by atoms with E-state index in [1.165, 1.54) is 16.7 Å². The van der Waals surface area contributed by atoms with Crippen molar-refractivity contribution < 1.29 is 19.0 Å². The zero-order chi connectivity index (χ0) is 24.6. The summed E-state index contributed by atoms with van der Waals surface area (Å²) < 4.78 is 16.5. The monoisotopic (exact) mass is 476 g/mol. The van der Waals surface area contributed by atoms with Crippen LogP contribution in [0.1, 0.15) is 22.7 Å². The van der Waals surface area contributed by atoms with Crippen molar-refractivity contribution in [2.45, 2.75) is 18.9 Å². The normalized spacial score (nSPS) is 15.1. The highest BCUT2D eigenvalue weighted by Crippen LogP contribution is 2.39. The van der Waals surface area contributed by atoms with Crippen LogP contribution in [0.4, 0.5) is 10.5 Å². The maximum absolute atomic E-state index is 12.3. The Morgan fingerprint density at radius 2 is 1.71 bits per heavy atom. The molecule has 2 N–H and O–H groups in total. The van der Waals surface area contributed by atoms with Crippen molar-refractivity contribution in [2.75, 3.05) is 46.3 Å². The Labute approximate surface area is 206 Å². The van der Waals surface area contributed by atoms with Crippen molar-refractivity contribution >= 4 is 11.7 Å². The summed E-state index contributed by atoms with van der Waals surface area (Å²) in [6, 6.07) is 15.8. The summed E-state index contributed by atoms with van der Waals surface area (Å²) in [7, 11) is 5.00. The van der Waals surface area contributed by atoms with Gasteiger partial charge >= 0.3 is 6.03 Å². The fourth-order valence-electron chi connectivity index (χ4n) is 4.50. The molecule has 35 heavy (non-hydrogen) atoms. The van der Waals surface area contributed by atoms with Crippen LogP contribution >= 0.6 is 0 Å². The number of hydrogen-bond acceptors (Lipinski definition) is 6. The number of aromatic nitrogens is 1. The molecule has 1 unspecified atom stereocenters. The quantitative estimate of drug-likeness (QED) is 0.484. The van der Waals surface area contributed by atoms with Crippen LogP contribution in [0.3, 0.4) is 0 Å². The number of rotatable bonds is 9. The molecule has 184 valence electrons. The summed E-state index contributed by atoms with van der Waals surface area (Å²) in [4.78, 5) is 18.7. The third kappa shape index (κ3) is 6.02. The maximum Gasteiger partial charge on any atom is 0.319 e. The number of anilines is 1. The van der Waals surface area contributed by atoms with Crippen LogP contribution in [-0.2, 0) is 12.8 Å². The molecule has 1 aliphatic rings. The van der Waals surface area contributed by atoms with Gasteiger partial charge in [-0.15, -0.1) is 0 Å². The lowest BCUT2D eigenvalue weighted by Gasteiger charge is -2.38. The molecule has 0 fully saturated rings. The summed E-state index contributed by atoms with van der Waals surface area (Å²) >= 11 is 0. The van der Waals surface area contributed by atoms with Crippen molar-refractivity contribution in [2.24, 2.45) is 0 Å². The fourth-order valence-corrected chi connectivity index (χ4v) is 4.50. The molecule has 0 spiro atoms. The van der Waals surface area contributed by atoms with Gasteiger partial charge in [-0.2, -0.15) is 0 Å². The molecule has 2 amide bonds. The van der Waals surface area contributed by atoms with E-state index >= 15 is 0 Å². The Kier molecular flexibility index (Phi) is 8.05. The number of pyridine rings is 1. The first-order valence-corrected chi connectivity index (χ1v) is 11.7. The number of nitrogens with one attached hydrogen (secondary N) is 2. The van der Waals surface area contributed by atoms with Crippen LogP contribution < -0.4 is 24.8 Å². The smallest absolute Gasteiger partial charge is 0.319 e. The van der Waals surface area contributed by atoms with Gasteiger partial charge in [0.25, 0.3) is 0 Å². The second-order valence-corrected chi connectivity index (χ2v) is 8.38. The van der Waals surface area contributed by atoms with Crippen LogP contribution in [0.25, 0.3) is 0 Å². The van der Waals surface area contributed by atoms with Gasteiger partial charge in [0, 0.05) is 43.8 Å². The second-order valence-electron chi connectivity index (χ2n) is 8.38.